The number of rotatable bonds is 5. The molecule has 0 bridgehead atoms. The number of hydrogen-bond acceptors (Lipinski definition) is 4. The van der Waals surface area contributed by atoms with Crippen LogP contribution in [0.15, 0.2) is 35.9 Å². The lowest BCUT2D eigenvalue weighted by Gasteiger charge is -2.10. The molecule has 0 saturated carbocycles. The lowest BCUT2D eigenvalue weighted by molar-refractivity contribution is -0.136. The molecule has 0 heterocycles. The SMILES string of the molecule is COC(=O)C(C)=CCOc1ccccc1NC(C)=O. The highest BCUT2D eigenvalue weighted by Crippen LogP contribution is 2.23. The van der Waals surface area contributed by atoms with Crippen LogP contribution < -0.4 is 10.1 Å². The van der Waals surface area contributed by atoms with Gasteiger partial charge in [-0.15, -0.1) is 0 Å². The van der Waals surface area contributed by atoms with Gasteiger partial charge in [0.25, 0.3) is 0 Å². The molecule has 0 radical (unpaired) electrons. The molecule has 19 heavy (non-hydrogen) atoms. The summed E-state index contributed by atoms with van der Waals surface area (Å²) < 4.78 is 10.1. The Labute approximate surface area is 112 Å². The fraction of sp³-hybridized carbons (Fsp3) is 0.286. The van der Waals surface area contributed by atoms with Gasteiger partial charge in [0.15, 0.2) is 0 Å². The number of para-hydroxylation sites is 2. The van der Waals surface area contributed by atoms with E-state index in [4.69, 9.17) is 4.74 Å². The summed E-state index contributed by atoms with van der Waals surface area (Å²) >= 11 is 0. The molecule has 0 saturated heterocycles. The van der Waals surface area contributed by atoms with Crippen LogP contribution in [0.4, 0.5) is 5.69 Å². The van der Waals surface area contributed by atoms with Gasteiger partial charge < -0.3 is 14.8 Å². The minimum Gasteiger partial charge on any atom is -0.487 e. The Morgan fingerprint density at radius 3 is 2.58 bits per heavy atom. The third-order valence-electron chi connectivity index (χ3n) is 2.33. The van der Waals surface area contributed by atoms with E-state index in [0.29, 0.717) is 17.0 Å². The molecule has 0 aliphatic rings. The molecule has 0 fully saturated rings. The van der Waals surface area contributed by atoms with Crippen LogP contribution in [0.1, 0.15) is 13.8 Å². The maximum absolute atomic E-state index is 11.2. The van der Waals surface area contributed by atoms with E-state index in [1.54, 1.807) is 37.3 Å². The van der Waals surface area contributed by atoms with Crippen LogP contribution in [0.3, 0.4) is 0 Å². The van der Waals surface area contributed by atoms with Crippen LogP contribution in [0, 0.1) is 0 Å². The van der Waals surface area contributed by atoms with Gasteiger partial charge in [-0.1, -0.05) is 12.1 Å². The van der Waals surface area contributed by atoms with E-state index in [9.17, 15) is 9.59 Å². The first-order valence-corrected chi connectivity index (χ1v) is 5.79. The number of carbonyl (C=O) groups is 2. The quantitative estimate of drug-likeness (QED) is 0.653. The highest BCUT2D eigenvalue weighted by molar-refractivity contribution is 5.90. The summed E-state index contributed by atoms with van der Waals surface area (Å²) in [6, 6.07) is 7.09. The minimum atomic E-state index is -0.390. The van der Waals surface area contributed by atoms with E-state index >= 15 is 0 Å². The summed E-state index contributed by atoms with van der Waals surface area (Å²) in [6.45, 7) is 3.30. The molecule has 1 aromatic rings. The molecule has 5 heteroatoms. The Balaban J connectivity index is 2.68. The first-order valence-electron chi connectivity index (χ1n) is 5.79. The van der Waals surface area contributed by atoms with Gasteiger partial charge in [-0.25, -0.2) is 4.79 Å². The summed E-state index contributed by atoms with van der Waals surface area (Å²) in [7, 11) is 1.33. The predicted octanol–water partition coefficient (Wildman–Crippen LogP) is 2.14. The highest BCUT2D eigenvalue weighted by Gasteiger charge is 2.05. The molecule has 1 aromatic carbocycles. The summed E-state index contributed by atoms with van der Waals surface area (Å²) in [5.41, 5.74) is 1.07. The van der Waals surface area contributed by atoms with E-state index in [1.807, 2.05) is 0 Å². The lowest BCUT2D eigenvalue weighted by Crippen LogP contribution is -2.08. The van der Waals surface area contributed by atoms with Crippen molar-refractivity contribution in [2.24, 2.45) is 0 Å². The second kappa shape index (κ2) is 7.20. The highest BCUT2D eigenvalue weighted by atomic mass is 16.5. The smallest absolute Gasteiger partial charge is 0.333 e. The van der Waals surface area contributed by atoms with Crippen LogP contribution in [-0.4, -0.2) is 25.6 Å². The van der Waals surface area contributed by atoms with Gasteiger partial charge in [-0.05, 0) is 25.1 Å². The Bertz CT molecular complexity index is 494. The van der Waals surface area contributed by atoms with Crippen molar-refractivity contribution in [3.8, 4) is 5.75 Å². The summed E-state index contributed by atoms with van der Waals surface area (Å²) in [5, 5.41) is 2.67. The third-order valence-corrected chi connectivity index (χ3v) is 2.33. The van der Waals surface area contributed by atoms with Crippen molar-refractivity contribution in [2.45, 2.75) is 13.8 Å². The largest absolute Gasteiger partial charge is 0.487 e. The van der Waals surface area contributed by atoms with Crippen LogP contribution >= 0.6 is 0 Å². The monoisotopic (exact) mass is 263 g/mol. The predicted molar refractivity (Wildman–Crippen MR) is 72.0 cm³/mol. The van der Waals surface area contributed by atoms with E-state index < -0.39 is 5.97 Å². The van der Waals surface area contributed by atoms with Crippen LogP contribution in [0.2, 0.25) is 0 Å². The normalized spacial score (nSPS) is 10.8. The number of amides is 1. The number of anilines is 1. The molecule has 0 atom stereocenters. The summed E-state index contributed by atoms with van der Waals surface area (Å²) in [5.74, 6) is -0.0114. The Morgan fingerprint density at radius 2 is 1.95 bits per heavy atom. The average molecular weight is 263 g/mol. The number of nitrogens with one attached hydrogen (secondary N) is 1. The molecule has 1 amide bonds. The summed E-state index contributed by atoms with van der Waals surface area (Å²) in [4.78, 5) is 22.2. The van der Waals surface area contributed by atoms with E-state index in [2.05, 4.69) is 10.1 Å². The van der Waals surface area contributed by atoms with Gasteiger partial charge >= 0.3 is 5.97 Å². The van der Waals surface area contributed by atoms with Crippen molar-refractivity contribution >= 4 is 17.6 Å². The van der Waals surface area contributed by atoms with Crippen molar-refractivity contribution < 1.29 is 19.1 Å². The van der Waals surface area contributed by atoms with Gasteiger partial charge in [0, 0.05) is 12.5 Å². The Morgan fingerprint density at radius 1 is 1.26 bits per heavy atom. The molecule has 0 aliphatic heterocycles. The molecule has 5 nitrogen and oxygen atoms in total. The Hall–Kier alpha value is -2.30. The van der Waals surface area contributed by atoms with Crippen molar-refractivity contribution in [1.82, 2.24) is 0 Å². The number of benzene rings is 1. The number of esters is 1. The zero-order chi connectivity index (χ0) is 14.3. The second-order valence-corrected chi connectivity index (χ2v) is 3.87. The van der Waals surface area contributed by atoms with E-state index in [0.717, 1.165) is 0 Å². The molecule has 102 valence electrons. The lowest BCUT2D eigenvalue weighted by atomic mass is 10.3. The van der Waals surface area contributed by atoms with Gasteiger partial charge in [0.2, 0.25) is 5.91 Å². The molecule has 1 N–H and O–H groups in total. The van der Waals surface area contributed by atoms with Crippen molar-refractivity contribution in [2.75, 3.05) is 19.0 Å². The molecule has 0 spiro atoms. The molecular weight excluding hydrogens is 246 g/mol. The molecular formula is C14H17NO4. The third kappa shape index (κ3) is 4.83. The molecule has 1 rings (SSSR count). The molecule has 0 aliphatic carbocycles. The fourth-order valence-electron chi connectivity index (χ4n) is 1.39. The van der Waals surface area contributed by atoms with Crippen LogP contribution in [0.5, 0.6) is 5.75 Å². The average Bonchev–Trinajstić information content (AvgIpc) is 2.39. The maximum atomic E-state index is 11.2. The Kier molecular flexibility index (Phi) is 5.60. The minimum absolute atomic E-state index is 0.169. The topological polar surface area (TPSA) is 64.6 Å². The standard InChI is InChI=1S/C14H17NO4/c1-10(14(17)18-3)8-9-19-13-7-5-4-6-12(13)15-11(2)16/h4-8H,9H2,1-3H3,(H,15,16). The van der Waals surface area contributed by atoms with Crippen molar-refractivity contribution in [3.05, 3.63) is 35.9 Å². The van der Waals surface area contributed by atoms with Crippen molar-refractivity contribution in [3.63, 3.8) is 0 Å². The van der Waals surface area contributed by atoms with Crippen LogP contribution in [0.25, 0.3) is 0 Å². The van der Waals surface area contributed by atoms with Gasteiger partial charge in [0.05, 0.1) is 12.8 Å². The van der Waals surface area contributed by atoms with Gasteiger partial charge in [0.1, 0.15) is 12.4 Å². The van der Waals surface area contributed by atoms with Gasteiger partial charge in [-0.2, -0.15) is 0 Å². The number of carbonyl (C=O) groups excluding carboxylic acids is 2. The zero-order valence-corrected chi connectivity index (χ0v) is 11.2. The van der Waals surface area contributed by atoms with Crippen LogP contribution in [-0.2, 0) is 14.3 Å². The van der Waals surface area contributed by atoms with E-state index in [-0.39, 0.29) is 12.5 Å². The number of hydrogen-bond donors (Lipinski definition) is 1. The zero-order valence-electron chi connectivity index (χ0n) is 11.2. The first-order chi connectivity index (χ1) is 9.04. The summed E-state index contributed by atoms with van der Waals surface area (Å²) in [6.07, 6.45) is 1.62. The first kappa shape index (κ1) is 14.8. The van der Waals surface area contributed by atoms with Gasteiger partial charge in [-0.3, -0.25) is 4.79 Å². The van der Waals surface area contributed by atoms with Crippen molar-refractivity contribution in [1.29, 1.82) is 0 Å². The number of ether oxygens (including phenoxy) is 2. The fourth-order valence-corrected chi connectivity index (χ4v) is 1.39. The van der Waals surface area contributed by atoms with E-state index in [1.165, 1.54) is 14.0 Å². The molecule has 0 unspecified atom stereocenters. The number of methoxy groups -OCH3 is 1. The maximum Gasteiger partial charge on any atom is 0.333 e. The second-order valence-electron chi connectivity index (χ2n) is 3.87. The molecule has 0 aromatic heterocycles.